The van der Waals surface area contributed by atoms with Crippen molar-refractivity contribution in [1.82, 2.24) is 76.0 Å². The number of carbonyl (C=O) groups excluding carboxylic acids is 10. The SMILES string of the molecule is Cc1ccc(CN2C(=O)NC(Cc3c[nH]c4c(Cl)cccc34)C2=O)cc1.Cc1ccc(CN2C(=O)NC(Cc3c[nH]c4c(Cl)cccc34)C2=O)cc1F.Cc1cccc(CN2C(=O)NC(Cc3c[nH]c4c(Cl)cccc34)C2=O)c1.O=C1NC(Cc2c[nH]c3c(Cl)c(F)ccc23)C(=O)N1Cc1ccccc1F.O=C1NC(Cc2c[nH]c3c(Cl)cccc23)C(=O)N1Cc1ccccc1F. The van der Waals surface area contributed by atoms with E-state index in [1.807, 2.05) is 135 Å². The first kappa shape index (κ1) is 91.1. The van der Waals surface area contributed by atoms with Crippen molar-refractivity contribution in [3.8, 4) is 0 Å². The van der Waals surface area contributed by atoms with Crippen LogP contribution in [0.4, 0.5) is 41.5 Å². The van der Waals surface area contributed by atoms with E-state index in [9.17, 15) is 65.5 Å². The Hall–Kier alpha value is -14.2. The second-order valence-electron chi connectivity index (χ2n) is 32.4. The van der Waals surface area contributed by atoms with Crippen molar-refractivity contribution in [3.63, 3.8) is 0 Å². The number of nitrogens with zero attached hydrogens (tertiary/aromatic N) is 5. The molecule has 0 bridgehead atoms. The molecule has 10 N–H and O–H groups in total. The standard InChI is InChI=1S/C20H17ClFN3O2.2C20H18ClN3O2.C19H14ClF2N3O2.C19H15ClFN3O2/c1-11-5-6-12(7-16(11)22)10-25-19(26)17(24-20(25)27)8-13-9-23-18-14(13)3-2-4-15(18)21;1-12-4-2-5-13(8-12)11-24-19(25)17(23-20(24)26)9-14-10-22-18-15(14)6-3-7-16(18)21;1-12-5-7-13(8-6-12)11-24-19(25)17(23-20(24)26)9-14-10-22-18-15(14)3-2-4-16(18)21;20-16-14(22)6-5-12-11(8-23-17(12)16)7-15-18(26)25(19(27)24-15)9-10-3-1-2-4-13(10)21;20-14-6-3-5-13-12(9-22-17(13)14)8-16-18(25)24(19(26)23-16)10-11-4-1-2-7-15(11)21/h2-7,9,17,23H,8,10H2,1H3,(H,24,27);2*2-8,10,17,22H,9,11H2,1H3,(H,23,26);1-6,8,15,23H,7,9H2,(H,24,27);1-7,9,16,22H,8,10H2,(H,23,26). The number of amides is 15. The Bertz CT molecular complexity index is 7080. The highest BCUT2D eigenvalue weighted by Crippen LogP contribution is 2.35. The molecule has 5 aliphatic heterocycles. The van der Waals surface area contributed by atoms with Gasteiger partial charge in [-0.3, -0.25) is 48.5 Å². The summed E-state index contributed by atoms with van der Waals surface area (Å²) < 4.78 is 55.0. The lowest BCUT2D eigenvalue weighted by Gasteiger charge is -2.13. The Labute approximate surface area is 776 Å². The van der Waals surface area contributed by atoms with Crippen LogP contribution in [0.2, 0.25) is 25.1 Å². The van der Waals surface area contributed by atoms with Gasteiger partial charge in [-0.05, 0) is 125 Å². The maximum absolute atomic E-state index is 13.8. The highest BCUT2D eigenvalue weighted by Gasteiger charge is 2.44. The van der Waals surface area contributed by atoms with Crippen LogP contribution in [0.15, 0.2) is 231 Å². The third-order valence-corrected chi connectivity index (χ3v) is 25.2. The molecule has 5 fully saturated rings. The molecule has 10 aromatic carbocycles. The van der Waals surface area contributed by atoms with Crippen LogP contribution in [0.5, 0.6) is 0 Å². The minimum absolute atomic E-state index is 0.0262. The lowest BCUT2D eigenvalue weighted by atomic mass is 10.0. The fraction of sp³-hybridized carbons (Fsp3) is 0.184. The Morgan fingerprint density at radius 2 is 0.568 bits per heavy atom. The zero-order valence-corrected chi connectivity index (χ0v) is 74.4. The topological polar surface area (TPSA) is 326 Å². The number of rotatable bonds is 20. The first-order valence-corrected chi connectivity index (χ1v) is 43.7. The van der Waals surface area contributed by atoms with Crippen LogP contribution >= 0.6 is 58.0 Å². The minimum Gasteiger partial charge on any atom is -0.360 e. The first-order valence-electron chi connectivity index (χ1n) is 41.8. The van der Waals surface area contributed by atoms with E-state index in [1.165, 1.54) is 40.1 Å². The minimum atomic E-state index is -0.785. The number of halogens is 9. The number of benzene rings is 10. The molecule has 0 radical (unpaired) electrons. The Balaban J connectivity index is 0.000000120. The lowest BCUT2D eigenvalue weighted by molar-refractivity contribution is -0.128. The van der Waals surface area contributed by atoms with Gasteiger partial charge in [0.1, 0.15) is 58.5 Å². The molecule has 34 heteroatoms. The van der Waals surface area contributed by atoms with Crippen molar-refractivity contribution in [3.05, 3.63) is 352 Å². The van der Waals surface area contributed by atoms with Crippen molar-refractivity contribution in [2.45, 2.75) is 116 Å². The van der Waals surface area contributed by atoms with Crippen LogP contribution in [0.1, 0.15) is 72.3 Å². The van der Waals surface area contributed by atoms with E-state index >= 15 is 0 Å². The molecule has 5 unspecified atom stereocenters. The van der Waals surface area contributed by atoms with Gasteiger partial charge in [-0.2, -0.15) is 0 Å². The molecule has 15 amide bonds. The van der Waals surface area contributed by atoms with Gasteiger partial charge in [-0.25, -0.2) is 41.5 Å². The number of fused-ring (bicyclic) bond motifs is 5. The Kier molecular flexibility index (Phi) is 27.1. The fourth-order valence-corrected chi connectivity index (χ4v) is 17.7. The van der Waals surface area contributed by atoms with Crippen LogP contribution < -0.4 is 26.6 Å². The second-order valence-corrected chi connectivity index (χ2v) is 34.4. The third kappa shape index (κ3) is 19.6. The largest absolute Gasteiger partial charge is 0.360 e. The highest BCUT2D eigenvalue weighted by atomic mass is 35.5. The van der Waals surface area contributed by atoms with E-state index in [1.54, 1.807) is 86.2 Å². The number of imide groups is 5. The number of para-hydroxylation sites is 4. The molecule has 5 saturated heterocycles. The van der Waals surface area contributed by atoms with E-state index in [0.717, 1.165) is 108 Å². The second kappa shape index (κ2) is 39.2. The number of carbonyl (C=O) groups is 10. The average Bonchev–Trinajstić information content (AvgIpc) is 1.66. The fourth-order valence-electron chi connectivity index (χ4n) is 16.5. The summed E-state index contributed by atoms with van der Waals surface area (Å²) in [6, 6.07) is 52.1. The van der Waals surface area contributed by atoms with Crippen LogP contribution in [-0.4, -0.2) is 139 Å². The number of aromatic amines is 5. The number of nitrogens with one attached hydrogen (secondary N) is 10. The molecular formula is C98H82Cl5F4N15O10. The zero-order chi connectivity index (χ0) is 93.0. The summed E-state index contributed by atoms with van der Waals surface area (Å²) in [5.41, 5.74) is 13.9. The normalized spacial score (nSPS) is 17.1. The summed E-state index contributed by atoms with van der Waals surface area (Å²) in [5.74, 6) is -3.35. The number of aryl methyl sites for hydroxylation is 3. The van der Waals surface area contributed by atoms with Gasteiger partial charge in [0.05, 0.1) is 80.4 Å². The van der Waals surface area contributed by atoms with Crippen LogP contribution in [0.3, 0.4) is 0 Å². The number of hydrogen-bond donors (Lipinski definition) is 10. The number of hydrogen-bond acceptors (Lipinski definition) is 10. The molecule has 10 heterocycles. The van der Waals surface area contributed by atoms with Gasteiger partial charge in [0.15, 0.2) is 0 Å². The molecule has 672 valence electrons. The van der Waals surface area contributed by atoms with Crippen molar-refractivity contribution >= 4 is 172 Å². The maximum atomic E-state index is 13.8. The van der Waals surface area contributed by atoms with Crippen molar-refractivity contribution < 1.29 is 65.5 Å². The molecule has 132 heavy (non-hydrogen) atoms. The van der Waals surface area contributed by atoms with Gasteiger partial charge >= 0.3 is 30.2 Å². The summed E-state index contributed by atoms with van der Waals surface area (Å²) >= 11 is 30.7. The molecule has 5 aliphatic rings. The number of aromatic nitrogens is 5. The Morgan fingerprint density at radius 3 is 0.909 bits per heavy atom. The molecule has 25 nitrogen and oxygen atoms in total. The van der Waals surface area contributed by atoms with Gasteiger partial charge < -0.3 is 51.5 Å². The quantitative estimate of drug-likeness (QED) is 0.0254. The van der Waals surface area contributed by atoms with E-state index in [-0.39, 0.29) is 91.2 Å². The van der Waals surface area contributed by atoms with Crippen LogP contribution in [0.25, 0.3) is 54.5 Å². The van der Waals surface area contributed by atoms with Crippen molar-refractivity contribution in [2.75, 3.05) is 0 Å². The molecular weight excluding hydrogens is 1800 g/mol. The van der Waals surface area contributed by atoms with Crippen LogP contribution in [0, 0.1) is 44.0 Å². The van der Waals surface area contributed by atoms with E-state index in [4.69, 9.17) is 58.0 Å². The highest BCUT2D eigenvalue weighted by molar-refractivity contribution is 6.37. The summed E-state index contributed by atoms with van der Waals surface area (Å²) in [7, 11) is 0. The van der Waals surface area contributed by atoms with Gasteiger partial charge in [0, 0.05) is 101 Å². The zero-order valence-electron chi connectivity index (χ0n) is 70.6. The van der Waals surface area contributed by atoms with Gasteiger partial charge in [0.25, 0.3) is 29.5 Å². The molecule has 15 aromatic rings. The summed E-state index contributed by atoms with van der Waals surface area (Å²) in [6.45, 7) is 6.02. The monoisotopic (exact) mass is 1880 g/mol. The predicted molar refractivity (Wildman–Crippen MR) is 496 cm³/mol. The summed E-state index contributed by atoms with van der Waals surface area (Å²) in [6.07, 6.45) is 10.7. The summed E-state index contributed by atoms with van der Waals surface area (Å²) in [5, 5.41) is 20.5. The molecule has 0 aliphatic carbocycles. The third-order valence-electron chi connectivity index (χ3n) is 23.5. The van der Waals surface area contributed by atoms with Crippen LogP contribution in [-0.2, 0) is 88.8 Å². The van der Waals surface area contributed by atoms with Gasteiger partial charge in [-0.15, -0.1) is 0 Å². The molecule has 5 aromatic heterocycles. The van der Waals surface area contributed by atoms with Gasteiger partial charge in [0.2, 0.25) is 0 Å². The summed E-state index contributed by atoms with van der Waals surface area (Å²) in [4.78, 5) is 146. The first-order chi connectivity index (χ1) is 63.5. The van der Waals surface area contributed by atoms with Crippen molar-refractivity contribution in [1.29, 1.82) is 0 Å². The molecule has 0 saturated carbocycles. The molecule has 0 spiro atoms. The molecule has 20 rings (SSSR count). The smallest absolute Gasteiger partial charge is 0.325 e. The maximum Gasteiger partial charge on any atom is 0.325 e. The predicted octanol–water partition coefficient (Wildman–Crippen LogP) is 18.9. The molecule has 5 atom stereocenters. The number of urea groups is 5. The Morgan fingerprint density at radius 1 is 0.265 bits per heavy atom. The van der Waals surface area contributed by atoms with Gasteiger partial charge in [-0.1, -0.05) is 215 Å². The van der Waals surface area contributed by atoms with E-state index in [0.29, 0.717) is 73.4 Å². The number of H-pyrrole nitrogens is 5. The van der Waals surface area contributed by atoms with E-state index < -0.39 is 71.7 Å². The van der Waals surface area contributed by atoms with Crippen molar-refractivity contribution in [2.24, 2.45) is 0 Å². The van der Waals surface area contributed by atoms with E-state index in [2.05, 4.69) is 51.5 Å². The average molecular weight is 1880 g/mol. The lowest BCUT2D eigenvalue weighted by Crippen LogP contribution is -2.32.